The molecule has 41 heavy (non-hydrogen) atoms. The highest BCUT2D eigenvalue weighted by molar-refractivity contribution is 6.68. The Balaban J connectivity index is 1.11. The molecule has 0 radical (unpaired) electrons. The molecule has 0 heterocycles. The summed E-state index contributed by atoms with van der Waals surface area (Å²) in [5.41, 5.74) is 4.15. The molecule has 2 N–H and O–H groups in total. The normalized spacial score (nSPS) is 11.4. The van der Waals surface area contributed by atoms with Gasteiger partial charge in [0.1, 0.15) is 11.5 Å². The molecule has 6 rings (SSSR count). The number of benzene rings is 6. The van der Waals surface area contributed by atoms with Gasteiger partial charge in [0.15, 0.2) is 0 Å². The van der Waals surface area contributed by atoms with E-state index in [0.717, 1.165) is 46.3 Å². The molecule has 0 bridgehead atoms. The minimum Gasteiger partial charge on any atom is -0.512 e. The summed E-state index contributed by atoms with van der Waals surface area (Å²) in [5.74, 6) is 1.66. The molecule has 0 aliphatic carbocycles. The Hall–Kier alpha value is -4.74. The summed E-state index contributed by atoms with van der Waals surface area (Å²) in [4.78, 5) is 0. The highest BCUT2D eigenvalue weighted by Crippen LogP contribution is 2.30. The smallest absolute Gasteiger partial charge is 0.459 e. The van der Waals surface area contributed by atoms with Crippen LogP contribution in [0.1, 0.15) is 13.8 Å². The third-order valence-electron chi connectivity index (χ3n) is 7.47. The van der Waals surface area contributed by atoms with Crippen molar-refractivity contribution < 1.29 is 8.85 Å². The van der Waals surface area contributed by atoms with E-state index >= 15 is 0 Å². The molecule has 5 heteroatoms. The van der Waals surface area contributed by atoms with Crippen LogP contribution in [-0.4, -0.2) is 8.56 Å². The third-order valence-corrected chi connectivity index (χ3v) is 10.8. The lowest BCUT2D eigenvalue weighted by Gasteiger charge is -2.30. The first-order valence-corrected chi connectivity index (χ1v) is 16.4. The van der Waals surface area contributed by atoms with Crippen molar-refractivity contribution in [3.05, 3.63) is 133 Å². The second kappa shape index (κ2) is 11.8. The van der Waals surface area contributed by atoms with Crippen LogP contribution in [0.5, 0.6) is 11.5 Å². The van der Waals surface area contributed by atoms with Gasteiger partial charge in [-0.3, -0.25) is 0 Å². The standard InChI is InChI=1S/C36H34N2O2Si/c1-3-41(4-2,39-35-21-17-31(18-22-35)37-33-15-13-27-9-5-7-11-29(27)25-33)40-36-23-19-32(20-24-36)38-34-16-14-28-10-6-8-12-30(28)26-34/h5-26,37-38H,3-4H2,1-2H3. The van der Waals surface area contributed by atoms with Crippen molar-refractivity contribution in [2.75, 3.05) is 10.6 Å². The predicted octanol–water partition coefficient (Wildman–Crippen LogP) is 10.4. The maximum absolute atomic E-state index is 6.61. The lowest BCUT2D eigenvalue weighted by atomic mass is 10.1. The zero-order valence-corrected chi connectivity index (χ0v) is 24.4. The van der Waals surface area contributed by atoms with E-state index in [1.165, 1.54) is 21.5 Å². The first-order valence-electron chi connectivity index (χ1n) is 14.2. The molecule has 204 valence electrons. The maximum atomic E-state index is 6.61. The third kappa shape index (κ3) is 6.21. The van der Waals surface area contributed by atoms with E-state index in [0.29, 0.717) is 0 Å². The molecule has 0 aliphatic rings. The van der Waals surface area contributed by atoms with Crippen molar-refractivity contribution in [2.24, 2.45) is 0 Å². The first kappa shape index (κ1) is 26.5. The number of nitrogens with one attached hydrogen (secondary N) is 2. The van der Waals surface area contributed by atoms with E-state index in [1.54, 1.807) is 0 Å². The van der Waals surface area contributed by atoms with Crippen LogP contribution in [0.4, 0.5) is 22.7 Å². The molecule has 6 aromatic carbocycles. The summed E-state index contributed by atoms with van der Waals surface area (Å²) >= 11 is 0. The van der Waals surface area contributed by atoms with Crippen LogP contribution in [-0.2, 0) is 0 Å². The molecule has 0 aliphatic heterocycles. The molecular weight excluding hydrogens is 520 g/mol. The van der Waals surface area contributed by atoms with Crippen LogP contribution in [0.3, 0.4) is 0 Å². The zero-order valence-electron chi connectivity index (χ0n) is 23.4. The minimum absolute atomic E-state index is 0.832. The number of hydrogen-bond donors (Lipinski definition) is 2. The summed E-state index contributed by atoms with van der Waals surface area (Å²) in [7, 11) is -2.51. The highest BCUT2D eigenvalue weighted by atomic mass is 28.4. The Kier molecular flexibility index (Phi) is 7.61. The van der Waals surface area contributed by atoms with Crippen molar-refractivity contribution in [1.29, 1.82) is 0 Å². The van der Waals surface area contributed by atoms with Crippen molar-refractivity contribution in [2.45, 2.75) is 25.9 Å². The SMILES string of the molecule is CC[Si](CC)(Oc1ccc(Nc2ccc3ccccc3c2)cc1)Oc1ccc(Nc2ccc3ccccc3c2)cc1. The maximum Gasteiger partial charge on any atom is 0.459 e. The molecule has 0 fully saturated rings. The molecule has 0 spiro atoms. The van der Waals surface area contributed by atoms with Gasteiger partial charge in [-0.2, -0.15) is 0 Å². The average molecular weight is 555 g/mol. The van der Waals surface area contributed by atoms with Gasteiger partial charge in [-0.15, -0.1) is 0 Å². The van der Waals surface area contributed by atoms with Gasteiger partial charge in [-0.1, -0.05) is 74.5 Å². The Morgan fingerprint density at radius 3 is 1.20 bits per heavy atom. The second-order valence-electron chi connectivity index (χ2n) is 10.2. The fourth-order valence-corrected chi connectivity index (χ4v) is 7.32. The van der Waals surface area contributed by atoms with Crippen molar-refractivity contribution in [1.82, 2.24) is 0 Å². The van der Waals surface area contributed by atoms with Crippen molar-refractivity contribution in [3.63, 3.8) is 0 Å². The lowest BCUT2D eigenvalue weighted by Crippen LogP contribution is -2.47. The fraction of sp³-hybridized carbons (Fsp3) is 0.111. The Bertz CT molecular complexity index is 1630. The molecule has 0 unspecified atom stereocenters. The van der Waals surface area contributed by atoms with Gasteiger partial charge in [0.25, 0.3) is 0 Å². The van der Waals surface area contributed by atoms with Crippen LogP contribution in [0.15, 0.2) is 133 Å². The van der Waals surface area contributed by atoms with Gasteiger partial charge in [0.2, 0.25) is 0 Å². The minimum atomic E-state index is -2.51. The molecular formula is C36H34N2O2Si. The summed E-state index contributed by atoms with van der Waals surface area (Å²) in [6.45, 7) is 4.31. The molecule has 4 nitrogen and oxygen atoms in total. The number of hydrogen-bond acceptors (Lipinski definition) is 4. The van der Waals surface area contributed by atoms with E-state index in [1.807, 2.05) is 24.3 Å². The summed E-state index contributed by atoms with van der Waals surface area (Å²) in [5, 5.41) is 11.9. The quantitative estimate of drug-likeness (QED) is 0.165. The van der Waals surface area contributed by atoms with Gasteiger partial charge in [-0.05, 0) is 94.3 Å². The second-order valence-corrected chi connectivity index (χ2v) is 13.9. The lowest BCUT2D eigenvalue weighted by molar-refractivity contribution is 0.381. The van der Waals surface area contributed by atoms with Crippen molar-refractivity contribution in [3.8, 4) is 11.5 Å². The molecule has 0 saturated carbocycles. The number of rotatable bonds is 10. The van der Waals surface area contributed by atoms with Gasteiger partial charge in [0.05, 0.1) is 0 Å². The van der Waals surface area contributed by atoms with Gasteiger partial charge in [-0.25, -0.2) is 0 Å². The number of anilines is 4. The fourth-order valence-electron chi connectivity index (χ4n) is 5.07. The van der Waals surface area contributed by atoms with E-state index in [-0.39, 0.29) is 0 Å². The van der Waals surface area contributed by atoms with E-state index in [2.05, 4.69) is 134 Å². The predicted molar refractivity (Wildman–Crippen MR) is 175 cm³/mol. The van der Waals surface area contributed by atoms with E-state index < -0.39 is 8.56 Å². The van der Waals surface area contributed by atoms with Gasteiger partial charge >= 0.3 is 8.56 Å². The van der Waals surface area contributed by atoms with Crippen molar-refractivity contribution >= 4 is 52.9 Å². The van der Waals surface area contributed by atoms with Gasteiger partial charge < -0.3 is 19.5 Å². The summed E-state index contributed by atoms with van der Waals surface area (Å²) in [6.07, 6.45) is 0. The molecule has 0 atom stereocenters. The van der Waals surface area contributed by atoms with Crippen LogP contribution in [0, 0.1) is 0 Å². The average Bonchev–Trinajstić information content (AvgIpc) is 3.02. The van der Waals surface area contributed by atoms with Crippen LogP contribution < -0.4 is 19.5 Å². The molecule has 0 aromatic heterocycles. The van der Waals surface area contributed by atoms with Crippen LogP contribution >= 0.6 is 0 Å². The van der Waals surface area contributed by atoms with Crippen LogP contribution in [0.25, 0.3) is 21.5 Å². The summed E-state index contributed by atoms with van der Waals surface area (Å²) < 4.78 is 13.2. The molecule has 0 amide bonds. The van der Waals surface area contributed by atoms with E-state index in [9.17, 15) is 0 Å². The largest absolute Gasteiger partial charge is 0.512 e. The molecule has 0 saturated heterocycles. The monoisotopic (exact) mass is 554 g/mol. The van der Waals surface area contributed by atoms with Gasteiger partial charge in [0, 0.05) is 34.8 Å². The molecule has 6 aromatic rings. The topological polar surface area (TPSA) is 42.5 Å². The van der Waals surface area contributed by atoms with Crippen LogP contribution in [0.2, 0.25) is 12.1 Å². The Labute approximate surface area is 242 Å². The highest BCUT2D eigenvalue weighted by Gasteiger charge is 2.38. The van der Waals surface area contributed by atoms with E-state index in [4.69, 9.17) is 8.85 Å². The Morgan fingerprint density at radius 1 is 0.439 bits per heavy atom. The number of fused-ring (bicyclic) bond motifs is 2. The Morgan fingerprint density at radius 2 is 0.805 bits per heavy atom. The first-order chi connectivity index (χ1) is 20.1. The summed E-state index contributed by atoms with van der Waals surface area (Å²) in [6, 6.07) is 47.6. The zero-order chi connectivity index (χ0) is 28.1.